The Labute approximate surface area is 91.5 Å². The second kappa shape index (κ2) is 3.81. The molecule has 0 radical (unpaired) electrons. The summed E-state index contributed by atoms with van der Waals surface area (Å²) in [6.07, 6.45) is 0. The third-order valence-electron chi connectivity index (χ3n) is 2.32. The van der Waals surface area contributed by atoms with Gasteiger partial charge in [-0.3, -0.25) is 0 Å². The first-order valence-corrected chi connectivity index (χ1v) is 4.68. The number of hydrogen-bond donors (Lipinski definition) is 2. The van der Waals surface area contributed by atoms with Crippen LogP contribution in [-0.4, -0.2) is 0 Å². The summed E-state index contributed by atoms with van der Waals surface area (Å²) in [5.74, 6) is -0.874. The maximum absolute atomic E-state index is 13.1. The summed E-state index contributed by atoms with van der Waals surface area (Å²) in [6.45, 7) is 0. The number of nitrogens with two attached hydrogens (primary N) is 2. The van der Waals surface area contributed by atoms with E-state index in [9.17, 15) is 8.78 Å². The molecule has 0 saturated heterocycles. The van der Waals surface area contributed by atoms with Crippen molar-refractivity contribution in [1.29, 1.82) is 0 Å². The van der Waals surface area contributed by atoms with Crippen LogP contribution in [0.3, 0.4) is 0 Å². The Bertz CT molecular complexity index is 489. The maximum atomic E-state index is 13.1. The average Bonchev–Trinajstić information content (AvgIpc) is 2.25. The fourth-order valence-electron chi connectivity index (χ4n) is 1.52. The molecule has 0 bridgehead atoms. The molecular formula is C12H10F2N2. The molecule has 0 atom stereocenters. The number of nitrogen functional groups attached to an aromatic ring is 2. The molecule has 2 aromatic carbocycles. The highest BCUT2D eigenvalue weighted by molar-refractivity contribution is 5.84. The van der Waals surface area contributed by atoms with Gasteiger partial charge in [-0.2, -0.15) is 0 Å². The third-order valence-corrected chi connectivity index (χ3v) is 2.32. The summed E-state index contributed by atoms with van der Waals surface area (Å²) < 4.78 is 26.1. The van der Waals surface area contributed by atoms with Gasteiger partial charge < -0.3 is 11.5 Å². The lowest BCUT2D eigenvalue weighted by Gasteiger charge is -2.09. The Morgan fingerprint density at radius 3 is 1.44 bits per heavy atom. The minimum atomic E-state index is -0.437. The summed E-state index contributed by atoms with van der Waals surface area (Å²) in [6, 6.07) is 7.81. The SMILES string of the molecule is Nc1ccc(F)cc1-c1cc(F)ccc1N. The maximum Gasteiger partial charge on any atom is 0.123 e. The molecule has 2 aromatic rings. The molecule has 16 heavy (non-hydrogen) atoms. The Hall–Kier alpha value is -2.10. The fourth-order valence-corrected chi connectivity index (χ4v) is 1.52. The van der Waals surface area contributed by atoms with Gasteiger partial charge >= 0.3 is 0 Å². The Kier molecular flexibility index (Phi) is 2.48. The molecule has 0 spiro atoms. The molecule has 0 aliphatic heterocycles. The third kappa shape index (κ3) is 1.82. The van der Waals surface area contributed by atoms with Crippen LogP contribution >= 0.6 is 0 Å². The van der Waals surface area contributed by atoms with E-state index in [-0.39, 0.29) is 0 Å². The van der Waals surface area contributed by atoms with E-state index in [0.29, 0.717) is 22.5 Å². The molecule has 4 N–H and O–H groups in total. The zero-order chi connectivity index (χ0) is 11.7. The summed E-state index contributed by atoms with van der Waals surface area (Å²) in [5, 5.41) is 0. The molecule has 0 fully saturated rings. The second-order valence-electron chi connectivity index (χ2n) is 3.46. The van der Waals surface area contributed by atoms with Gasteiger partial charge in [0.25, 0.3) is 0 Å². The number of benzene rings is 2. The van der Waals surface area contributed by atoms with Gasteiger partial charge in [0.15, 0.2) is 0 Å². The average molecular weight is 220 g/mol. The quantitative estimate of drug-likeness (QED) is 0.726. The predicted molar refractivity (Wildman–Crippen MR) is 60.6 cm³/mol. The Morgan fingerprint density at radius 2 is 1.06 bits per heavy atom. The smallest absolute Gasteiger partial charge is 0.123 e. The summed E-state index contributed by atoms with van der Waals surface area (Å²) in [5.41, 5.74) is 12.9. The topological polar surface area (TPSA) is 52.0 Å². The lowest BCUT2D eigenvalue weighted by molar-refractivity contribution is 0.626. The molecule has 82 valence electrons. The van der Waals surface area contributed by atoms with Crippen LogP contribution in [0.15, 0.2) is 36.4 Å². The molecule has 0 aromatic heterocycles. The van der Waals surface area contributed by atoms with E-state index in [1.165, 1.54) is 36.4 Å². The summed E-state index contributed by atoms with van der Waals surface area (Å²) >= 11 is 0. The zero-order valence-electron chi connectivity index (χ0n) is 8.37. The minimum Gasteiger partial charge on any atom is -0.398 e. The van der Waals surface area contributed by atoms with Crippen molar-refractivity contribution in [3.8, 4) is 11.1 Å². The number of hydrogen-bond acceptors (Lipinski definition) is 2. The Morgan fingerprint density at radius 1 is 0.688 bits per heavy atom. The van der Waals surface area contributed by atoms with Crippen LogP contribution < -0.4 is 11.5 Å². The van der Waals surface area contributed by atoms with Gasteiger partial charge in [-0.1, -0.05) is 0 Å². The van der Waals surface area contributed by atoms with Crippen molar-refractivity contribution in [2.24, 2.45) is 0 Å². The molecule has 0 saturated carbocycles. The lowest BCUT2D eigenvalue weighted by Crippen LogP contribution is -1.96. The van der Waals surface area contributed by atoms with E-state index < -0.39 is 11.6 Å². The fraction of sp³-hybridized carbons (Fsp3) is 0. The lowest BCUT2D eigenvalue weighted by atomic mass is 10.0. The van der Waals surface area contributed by atoms with E-state index in [4.69, 9.17) is 11.5 Å². The van der Waals surface area contributed by atoms with Gasteiger partial charge in [0.2, 0.25) is 0 Å². The van der Waals surface area contributed by atoms with Crippen molar-refractivity contribution < 1.29 is 8.78 Å². The van der Waals surface area contributed by atoms with E-state index in [1.54, 1.807) is 0 Å². The molecule has 2 nitrogen and oxygen atoms in total. The van der Waals surface area contributed by atoms with Crippen LogP contribution in [0.25, 0.3) is 11.1 Å². The van der Waals surface area contributed by atoms with Gasteiger partial charge in [0, 0.05) is 22.5 Å². The molecule has 0 amide bonds. The number of rotatable bonds is 1. The minimum absolute atomic E-state index is 0.360. The molecule has 0 aliphatic carbocycles. The second-order valence-corrected chi connectivity index (χ2v) is 3.46. The summed E-state index contributed by atoms with van der Waals surface area (Å²) in [7, 11) is 0. The largest absolute Gasteiger partial charge is 0.398 e. The number of halogens is 2. The number of anilines is 2. The van der Waals surface area contributed by atoms with Gasteiger partial charge in [-0.05, 0) is 36.4 Å². The van der Waals surface area contributed by atoms with E-state index in [0.717, 1.165) is 0 Å². The molecule has 0 aliphatic rings. The van der Waals surface area contributed by atoms with Gasteiger partial charge in [0.05, 0.1) is 0 Å². The van der Waals surface area contributed by atoms with Crippen LogP contribution in [0.5, 0.6) is 0 Å². The van der Waals surface area contributed by atoms with Gasteiger partial charge in [0.1, 0.15) is 11.6 Å². The van der Waals surface area contributed by atoms with Crippen LogP contribution in [0.4, 0.5) is 20.2 Å². The zero-order valence-corrected chi connectivity index (χ0v) is 8.37. The normalized spacial score (nSPS) is 10.4. The van der Waals surface area contributed by atoms with Crippen LogP contribution in [0, 0.1) is 11.6 Å². The first kappa shape index (κ1) is 10.4. The van der Waals surface area contributed by atoms with E-state index in [1.807, 2.05) is 0 Å². The highest BCUT2D eigenvalue weighted by Crippen LogP contribution is 2.31. The highest BCUT2D eigenvalue weighted by atomic mass is 19.1. The van der Waals surface area contributed by atoms with Crippen LogP contribution in [0.1, 0.15) is 0 Å². The molecular weight excluding hydrogens is 210 g/mol. The first-order valence-electron chi connectivity index (χ1n) is 4.68. The highest BCUT2D eigenvalue weighted by Gasteiger charge is 2.08. The Balaban J connectivity index is 2.66. The van der Waals surface area contributed by atoms with Crippen molar-refractivity contribution in [3.63, 3.8) is 0 Å². The molecule has 0 heterocycles. The van der Waals surface area contributed by atoms with Crippen LogP contribution in [0.2, 0.25) is 0 Å². The molecule has 0 unspecified atom stereocenters. The monoisotopic (exact) mass is 220 g/mol. The molecule has 4 heteroatoms. The standard InChI is InChI=1S/C12H10F2N2/c13-7-1-3-11(15)9(5-7)10-6-8(14)2-4-12(10)16/h1-6H,15-16H2. The van der Waals surface area contributed by atoms with Crippen molar-refractivity contribution >= 4 is 11.4 Å². The van der Waals surface area contributed by atoms with Gasteiger partial charge in [-0.15, -0.1) is 0 Å². The van der Waals surface area contributed by atoms with Gasteiger partial charge in [-0.25, -0.2) is 8.78 Å². The van der Waals surface area contributed by atoms with Crippen molar-refractivity contribution in [3.05, 3.63) is 48.0 Å². The van der Waals surface area contributed by atoms with E-state index >= 15 is 0 Å². The first-order chi connectivity index (χ1) is 7.58. The van der Waals surface area contributed by atoms with Crippen molar-refractivity contribution in [2.45, 2.75) is 0 Å². The summed E-state index contributed by atoms with van der Waals surface area (Å²) in [4.78, 5) is 0. The van der Waals surface area contributed by atoms with E-state index in [2.05, 4.69) is 0 Å². The predicted octanol–water partition coefficient (Wildman–Crippen LogP) is 2.80. The van der Waals surface area contributed by atoms with Crippen molar-refractivity contribution in [1.82, 2.24) is 0 Å². The molecule has 2 rings (SSSR count). The van der Waals surface area contributed by atoms with Crippen molar-refractivity contribution in [2.75, 3.05) is 11.5 Å². The van der Waals surface area contributed by atoms with Crippen LogP contribution in [-0.2, 0) is 0 Å².